The second-order valence-electron chi connectivity index (χ2n) is 5.99. The summed E-state index contributed by atoms with van der Waals surface area (Å²) in [6.07, 6.45) is 0.348. The maximum absolute atomic E-state index is 12.6. The maximum atomic E-state index is 12.6. The van der Waals surface area contributed by atoms with Gasteiger partial charge in [-0.05, 0) is 40.6 Å². The summed E-state index contributed by atoms with van der Waals surface area (Å²) in [5.41, 5.74) is 1.36. The van der Waals surface area contributed by atoms with Crippen molar-refractivity contribution < 1.29 is 19.4 Å². The number of methoxy groups -OCH3 is 1. The quantitative estimate of drug-likeness (QED) is 0.694. The number of nitrogens with one attached hydrogen (secondary N) is 1. The molecule has 0 spiro atoms. The van der Waals surface area contributed by atoms with Crippen LogP contribution in [-0.4, -0.2) is 30.1 Å². The van der Waals surface area contributed by atoms with E-state index in [4.69, 9.17) is 4.74 Å². The van der Waals surface area contributed by atoms with Crippen molar-refractivity contribution in [3.8, 4) is 5.75 Å². The van der Waals surface area contributed by atoms with Crippen LogP contribution in [0.15, 0.2) is 66.7 Å². The number of ether oxygens (including phenoxy) is 1. The Morgan fingerprint density at radius 3 is 2.42 bits per heavy atom. The highest BCUT2D eigenvalue weighted by Gasteiger charge is 2.22. The van der Waals surface area contributed by atoms with Gasteiger partial charge < -0.3 is 15.2 Å². The lowest BCUT2D eigenvalue weighted by Gasteiger charge is -2.17. The summed E-state index contributed by atoms with van der Waals surface area (Å²) < 4.78 is 4.82. The molecule has 0 radical (unpaired) electrons. The summed E-state index contributed by atoms with van der Waals surface area (Å²) in [5.74, 6) is -0.678. The van der Waals surface area contributed by atoms with Gasteiger partial charge in [-0.3, -0.25) is 4.79 Å². The Kier molecular flexibility index (Phi) is 5.17. The molecule has 3 rings (SSSR count). The zero-order valence-corrected chi connectivity index (χ0v) is 14.3. The number of benzene rings is 3. The van der Waals surface area contributed by atoms with E-state index in [1.807, 2.05) is 30.3 Å². The SMILES string of the molecule is COC(=O)[C@H](Cc1ccccc1)NC(=O)c1ccc2cc(O)ccc2c1. The highest BCUT2D eigenvalue weighted by Crippen LogP contribution is 2.21. The van der Waals surface area contributed by atoms with E-state index in [0.717, 1.165) is 16.3 Å². The molecule has 0 aliphatic carbocycles. The van der Waals surface area contributed by atoms with Crippen LogP contribution in [0.25, 0.3) is 10.8 Å². The average Bonchev–Trinajstić information content (AvgIpc) is 2.67. The van der Waals surface area contributed by atoms with E-state index < -0.39 is 12.0 Å². The average molecular weight is 349 g/mol. The standard InChI is InChI=1S/C21H19NO4/c1-26-21(25)19(11-14-5-3-2-4-6-14)22-20(24)17-8-7-16-13-18(23)10-9-15(16)12-17/h2-10,12-13,19,23H,11H2,1H3,(H,22,24)/t19-/m0/s1. The monoisotopic (exact) mass is 349 g/mol. The molecule has 3 aromatic carbocycles. The molecule has 5 heteroatoms. The number of aromatic hydroxyl groups is 1. The highest BCUT2D eigenvalue weighted by molar-refractivity contribution is 6.00. The minimum absolute atomic E-state index is 0.170. The molecule has 0 aliphatic heterocycles. The molecule has 0 saturated heterocycles. The van der Waals surface area contributed by atoms with Gasteiger partial charge in [0.25, 0.3) is 5.91 Å². The van der Waals surface area contributed by atoms with Crippen LogP contribution in [-0.2, 0) is 16.0 Å². The van der Waals surface area contributed by atoms with Crippen LogP contribution in [0.5, 0.6) is 5.75 Å². The summed E-state index contributed by atoms with van der Waals surface area (Å²) in [7, 11) is 1.30. The normalized spacial score (nSPS) is 11.7. The van der Waals surface area contributed by atoms with Gasteiger partial charge in [0.15, 0.2) is 0 Å². The molecule has 2 N–H and O–H groups in total. The Bertz CT molecular complexity index is 937. The molecule has 0 unspecified atom stereocenters. The lowest BCUT2D eigenvalue weighted by molar-refractivity contribution is -0.142. The molecule has 0 heterocycles. The molecule has 0 saturated carbocycles. The number of esters is 1. The second kappa shape index (κ2) is 7.70. The zero-order chi connectivity index (χ0) is 18.5. The van der Waals surface area contributed by atoms with Gasteiger partial charge >= 0.3 is 5.97 Å². The molecule has 1 atom stereocenters. The van der Waals surface area contributed by atoms with Crippen LogP contribution in [0.1, 0.15) is 15.9 Å². The van der Waals surface area contributed by atoms with Crippen molar-refractivity contribution in [1.29, 1.82) is 0 Å². The van der Waals surface area contributed by atoms with Gasteiger partial charge in [0.1, 0.15) is 11.8 Å². The summed E-state index contributed by atoms with van der Waals surface area (Å²) in [6.45, 7) is 0. The third-order valence-corrected chi connectivity index (χ3v) is 4.16. The number of carbonyl (C=O) groups excluding carboxylic acids is 2. The van der Waals surface area contributed by atoms with Crippen molar-refractivity contribution in [1.82, 2.24) is 5.32 Å². The maximum Gasteiger partial charge on any atom is 0.328 e. The Balaban J connectivity index is 1.80. The van der Waals surface area contributed by atoms with E-state index >= 15 is 0 Å². The van der Waals surface area contributed by atoms with Gasteiger partial charge in [0.05, 0.1) is 7.11 Å². The smallest absolute Gasteiger partial charge is 0.328 e. The Hall–Kier alpha value is -3.34. The summed E-state index contributed by atoms with van der Waals surface area (Å²) >= 11 is 0. The molecule has 5 nitrogen and oxygen atoms in total. The summed E-state index contributed by atoms with van der Waals surface area (Å²) in [4.78, 5) is 24.7. The molecule has 0 aromatic heterocycles. The predicted octanol–water partition coefficient (Wildman–Crippen LogP) is 3.06. The first kappa shape index (κ1) is 17.5. The van der Waals surface area contributed by atoms with Crippen LogP contribution in [0.2, 0.25) is 0 Å². The predicted molar refractivity (Wildman–Crippen MR) is 99.0 cm³/mol. The van der Waals surface area contributed by atoms with E-state index in [0.29, 0.717) is 12.0 Å². The minimum Gasteiger partial charge on any atom is -0.508 e. The highest BCUT2D eigenvalue weighted by atomic mass is 16.5. The minimum atomic E-state index is -0.773. The third-order valence-electron chi connectivity index (χ3n) is 4.16. The fourth-order valence-electron chi connectivity index (χ4n) is 2.80. The third kappa shape index (κ3) is 4.00. The van der Waals surface area contributed by atoms with E-state index in [-0.39, 0.29) is 11.7 Å². The molecule has 0 aliphatic rings. The molecular formula is C21H19NO4. The Morgan fingerprint density at radius 2 is 1.69 bits per heavy atom. The molecule has 0 fully saturated rings. The van der Waals surface area contributed by atoms with Crippen molar-refractivity contribution in [2.75, 3.05) is 7.11 Å². The molecule has 1 amide bonds. The first-order valence-corrected chi connectivity index (χ1v) is 8.22. The number of carbonyl (C=O) groups is 2. The first-order chi connectivity index (χ1) is 12.6. The van der Waals surface area contributed by atoms with Gasteiger partial charge in [0, 0.05) is 12.0 Å². The van der Waals surface area contributed by atoms with Gasteiger partial charge in [-0.15, -0.1) is 0 Å². The first-order valence-electron chi connectivity index (χ1n) is 8.22. The van der Waals surface area contributed by atoms with E-state index in [2.05, 4.69) is 5.32 Å². The van der Waals surface area contributed by atoms with Gasteiger partial charge in [-0.1, -0.05) is 42.5 Å². The number of rotatable bonds is 5. The topological polar surface area (TPSA) is 75.6 Å². The fraction of sp³-hybridized carbons (Fsp3) is 0.143. The molecule has 0 bridgehead atoms. The van der Waals surface area contributed by atoms with Crippen LogP contribution < -0.4 is 5.32 Å². The fourth-order valence-corrected chi connectivity index (χ4v) is 2.80. The van der Waals surface area contributed by atoms with E-state index in [1.54, 1.807) is 36.4 Å². The number of hydrogen-bond donors (Lipinski definition) is 2. The summed E-state index contributed by atoms with van der Waals surface area (Å²) in [5, 5.41) is 13.9. The van der Waals surface area contributed by atoms with Crippen molar-refractivity contribution >= 4 is 22.6 Å². The summed E-state index contributed by atoms with van der Waals surface area (Å²) in [6, 6.07) is 18.7. The number of amides is 1. The Labute approximate surface area is 151 Å². The van der Waals surface area contributed by atoms with Gasteiger partial charge in [-0.25, -0.2) is 4.79 Å². The van der Waals surface area contributed by atoms with Crippen molar-refractivity contribution in [3.05, 3.63) is 77.9 Å². The number of phenolic OH excluding ortho intramolecular Hbond substituents is 1. The van der Waals surface area contributed by atoms with Crippen molar-refractivity contribution in [2.45, 2.75) is 12.5 Å². The largest absolute Gasteiger partial charge is 0.508 e. The molecular weight excluding hydrogens is 330 g/mol. The molecule has 26 heavy (non-hydrogen) atoms. The Morgan fingerprint density at radius 1 is 1.00 bits per heavy atom. The van der Waals surface area contributed by atoms with E-state index in [9.17, 15) is 14.7 Å². The lowest BCUT2D eigenvalue weighted by Crippen LogP contribution is -2.43. The van der Waals surface area contributed by atoms with Crippen LogP contribution in [0.4, 0.5) is 0 Å². The number of fused-ring (bicyclic) bond motifs is 1. The number of phenols is 1. The lowest BCUT2D eigenvalue weighted by atomic mass is 10.0. The van der Waals surface area contributed by atoms with Crippen LogP contribution >= 0.6 is 0 Å². The van der Waals surface area contributed by atoms with Crippen molar-refractivity contribution in [2.24, 2.45) is 0 Å². The molecule has 3 aromatic rings. The molecule has 132 valence electrons. The van der Waals surface area contributed by atoms with Crippen LogP contribution in [0, 0.1) is 0 Å². The zero-order valence-electron chi connectivity index (χ0n) is 14.3. The second-order valence-corrected chi connectivity index (χ2v) is 5.99. The number of hydrogen-bond acceptors (Lipinski definition) is 4. The van der Waals surface area contributed by atoms with Gasteiger partial charge in [-0.2, -0.15) is 0 Å². The van der Waals surface area contributed by atoms with Crippen molar-refractivity contribution in [3.63, 3.8) is 0 Å². The van der Waals surface area contributed by atoms with Crippen LogP contribution in [0.3, 0.4) is 0 Å². The van der Waals surface area contributed by atoms with E-state index in [1.165, 1.54) is 7.11 Å². The van der Waals surface area contributed by atoms with Gasteiger partial charge in [0.2, 0.25) is 0 Å².